The van der Waals surface area contributed by atoms with Gasteiger partial charge in [0.25, 0.3) is 0 Å². The second-order valence-electron chi connectivity index (χ2n) is 5.28. The van der Waals surface area contributed by atoms with Gasteiger partial charge >= 0.3 is 0 Å². The Kier molecular flexibility index (Phi) is 3.92. The highest BCUT2D eigenvalue weighted by atomic mass is 16.5. The van der Waals surface area contributed by atoms with Gasteiger partial charge in [-0.3, -0.25) is 0 Å². The van der Waals surface area contributed by atoms with Crippen molar-refractivity contribution in [2.75, 3.05) is 19.7 Å². The molecule has 0 aliphatic carbocycles. The number of nitrogens with one attached hydrogen (secondary N) is 1. The molecule has 1 aromatic carbocycles. The van der Waals surface area contributed by atoms with Crippen LogP contribution in [-0.4, -0.2) is 29.7 Å². The predicted octanol–water partition coefficient (Wildman–Crippen LogP) is 2.44. The number of ether oxygens (including phenoxy) is 1. The molecule has 1 N–H and O–H groups in total. The molecule has 1 aliphatic rings. The molecule has 1 unspecified atom stereocenters. The van der Waals surface area contributed by atoms with Crippen LogP contribution in [0.25, 0.3) is 11.4 Å². The van der Waals surface area contributed by atoms with Gasteiger partial charge in [0.05, 0.1) is 19.0 Å². The molecule has 4 heteroatoms. The Morgan fingerprint density at radius 2 is 2.15 bits per heavy atom. The molecule has 0 spiro atoms. The molecular formula is C16H19N3O. The lowest BCUT2D eigenvalue weighted by Gasteiger charge is -2.10. The molecule has 2 heterocycles. The Balaban J connectivity index is 1.65. The lowest BCUT2D eigenvalue weighted by Crippen LogP contribution is -2.15. The predicted molar refractivity (Wildman–Crippen MR) is 78.7 cm³/mol. The van der Waals surface area contributed by atoms with Gasteiger partial charge in [0.1, 0.15) is 0 Å². The summed E-state index contributed by atoms with van der Waals surface area (Å²) >= 11 is 0. The molecule has 3 rings (SSSR count). The molecule has 0 amide bonds. The van der Waals surface area contributed by atoms with E-state index in [4.69, 9.17) is 4.74 Å². The first-order valence-electron chi connectivity index (χ1n) is 7.04. The van der Waals surface area contributed by atoms with E-state index in [1.165, 1.54) is 12.0 Å². The highest BCUT2D eigenvalue weighted by molar-refractivity contribution is 5.55. The minimum absolute atomic E-state index is 0.603. The van der Waals surface area contributed by atoms with Gasteiger partial charge in [-0.1, -0.05) is 23.8 Å². The summed E-state index contributed by atoms with van der Waals surface area (Å²) in [5.74, 6) is 2.09. The van der Waals surface area contributed by atoms with Crippen molar-refractivity contribution in [1.29, 1.82) is 0 Å². The van der Waals surface area contributed by atoms with E-state index in [1.54, 1.807) is 12.4 Å². The molecule has 1 atom stereocenters. The molecule has 0 saturated carbocycles. The first-order chi connectivity index (χ1) is 9.81. The van der Waals surface area contributed by atoms with Crippen molar-refractivity contribution in [2.45, 2.75) is 13.3 Å². The fourth-order valence-corrected chi connectivity index (χ4v) is 2.39. The number of hydrogen-bond donors (Lipinski definition) is 1. The van der Waals surface area contributed by atoms with Crippen molar-refractivity contribution in [3.8, 4) is 17.1 Å². The van der Waals surface area contributed by atoms with Gasteiger partial charge in [-0.05, 0) is 26.0 Å². The van der Waals surface area contributed by atoms with Gasteiger partial charge < -0.3 is 10.1 Å². The molecule has 1 aliphatic heterocycles. The average molecular weight is 269 g/mol. The van der Waals surface area contributed by atoms with Crippen molar-refractivity contribution in [1.82, 2.24) is 15.3 Å². The molecule has 104 valence electrons. The zero-order chi connectivity index (χ0) is 13.8. The smallest absolute Gasteiger partial charge is 0.159 e. The Hall–Kier alpha value is -1.94. The molecule has 4 nitrogen and oxygen atoms in total. The summed E-state index contributed by atoms with van der Waals surface area (Å²) in [6.45, 7) is 4.94. The zero-order valence-electron chi connectivity index (χ0n) is 11.7. The Labute approximate surface area is 119 Å². The summed E-state index contributed by atoms with van der Waals surface area (Å²) in [6.07, 6.45) is 4.70. The minimum atomic E-state index is 0.603. The maximum Gasteiger partial charge on any atom is 0.159 e. The van der Waals surface area contributed by atoms with E-state index in [0.717, 1.165) is 36.8 Å². The third-order valence-corrected chi connectivity index (χ3v) is 3.55. The van der Waals surface area contributed by atoms with Crippen LogP contribution in [0.4, 0.5) is 0 Å². The van der Waals surface area contributed by atoms with Gasteiger partial charge in [0.2, 0.25) is 0 Å². The lowest BCUT2D eigenvalue weighted by molar-refractivity contribution is 0.258. The topological polar surface area (TPSA) is 47.0 Å². The van der Waals surface area contributed by atoms with Gasteiger partial charge in [-0.2, -0.15) is 0 Å². The van der Waals surface area contributed by atoms with E-state index in [2.05, 4.69) is 34.3 Å². The van der Waals surface area contributed by atoms with Crippen molar-refractivity contribution in [3.63, 3.8) is 0 Å². The number of nitrogens with zero attached hydrogens (tertiary/aromatic N) is 2. The highest BCUT2D eigenvalue weighted by Crippen LogP contribution is 2.18. The minimum Gasteiger partial charge on any atom is -0.490 e. The van der Waals surface area contributed by atoms with Crippen LogP contribution in [0.2, 0.25) is 0 Å². The fraction of sp³-hybridized carbons (Fsp3) is 0.375. The number of rotatable bonds is 4. The largest absolute Gasteiger partial charge is 0.490 e. The Bertz CT molecular complexity index is 562. The van der Waals surface area contributed by atoms with Gasteiger partial charge in [0, 0.05) is 18.0 Å². The molecule has 0 radical (unpaired) electrons. The maximum atomic E-state index is 5.74. The molecule has 1 fully saturated rings. The van der Waals surface area contributed by atoms with Crippen LogP contribution >= 0.6 is 0 Å². The van der Waals surface area contributed by atoms with Gasteiger partial charge in [-0.15, -0.1) is 0 Å². The Morgan fingerprint density at radius 1 is 1.30 bits per heavy atom. The van der Waals surface area contributed by atoms with E-state index in [-0.39, 0.29) is 0 Å². The molecule has 0 bridgehead atoms. The van der Waals surface area contributed by atoms with Crippen LogP contribution in [-0.2, 0) is 0 Å². The van der Waals surface area contributed by atoms with E-state index >= 15 is 0 Å². The van der Waals surface area contributed by atoms with Crippen LogP contribution in [0.1, 0.15) is 12.0 Å². The number of aromatic nitrogens is 2. The molecule has 2 aromatic rings. The zero-order valence-corrected chi connectivity index (χ0v) is 11.7. The van der Waals surface area contributed by atoms with E-state index < -0.39 is 0 Å². The van der Waals surface area contributed by atoms with Crippen molar-refractivity contribution < 1.29 is 4.74 Å². The quantitative estimate of drug-likeness (QED) is 0.926. The second-order valence-corrected chi connectivity index (χ2v) is 5.28. The maximum absolute atomic E-state index is 5.74. The number of hydrogen-bond acceptors (Lipinski definition) is 4. The average Bonchev–Trinajstić information content (AvgIpc) is 2.99. The summed E-state index contributed by atoms with van der Waals surface area (Å²) < 4.78 is 5.74. The van der Waals surface area contributed by atoms with E-state index in [9.17, 15) is 0 Å². The monoisotopic (exact) mass is 269 g/mol. The number of benzene rings is 1. The first kappa shape index (κ1) is 13.1. The summed E-state index contributed by atoms with van der Waals surface area (Å²) in [5.41, 5.74) is 2.25. The van der Waals surface area contributed by atoms with E-state index in [0.29, 0.717) is 5.92 Å². The Morgan fingerprint density at radius 3 is 2.85 bits per heavy atom. The summed E-state index contributed by atoms with van der Waals surface area (Å²) in [6, 6.07) is 8.19. The van der Waals surface area contributed by atoms with Gasteiger partial charge in [0.15, 0.2) is 11.6 Å². The third-order valence-electron chi connectivity index (χ3n) is 3.55. The summed E-state index contributed by atoms with van der Waals surface area (Å²) in [4.78, 5) is 8.77. The standard InChI is InChI=1S/C16H19N3O/c1-12-3-2-4-14(7-12)16-18-9-15(10-19-16)20-11-13-5-6-17-8-13/h2-4,7,9-10,13,17H,5-6,8,11H2,1H3. The van der Waals surface area contributed by atoms with Crippen LogP contribution in [0.15, 0.2) is 36.7 Å². The normalized spacial score (nSPS) is 18.1. The summed E-state index contributed by atoms with van der Waals surface area (Å²) in [5, 5.41) is 3.33. The first-order valence-corrected chi connectivity index (χ1v) is 7.04. The highest BCUT2D eigenvalue weighted by Gasteiger charge is 2.15. The summed E-state index contributed by atoms with van der Waals surface area (Å²) in [7, 11) is 0. The number of aryl methyl sites for hydroxylation is 1. The van der Waals surface area contributed by atoms with E-state index in [1.807, 2.05) is 12.1 Å². The van der Waals surface area contributed by atoms with Crippen molar-refractivity contribution in [3.05, 3.63) is 42.2 Å². The lowest BCUT2D eigenvalue weighted by atomic mass is 10.1. The van der Waals surface area contributed by atoms with Crippen molar-refractivity contribution in [2.24, 2.45) is 5.92 Å². The molecule has 20 heavy (non-hydrogen) atoms. The fourth-order valence-electron chi connectivity index (χ4n) is 2.39. The second kappa shape index (κ2) is 6.01. The third kappa shape index (κ3) is 3.14. The van der Waals surface area contributed by atoms with Crippen LogP contribution in [0.3, 0.4) is 0 Å². The molecule has 1 aromatic heterocycles. The van der Waals surface area contributed by atoms with Crippen LogP contribution in [0.5, 0.6) is 5.75 Å². The van der Waals surface area contributed by atoms with Crippen LogP contribution < -0.4 is 10.1 Å². The molecular weight excluding hydrogens is 250 g/mol. The van der Waals surface area contributed by atoms with Crippen LogP contribution in [0, 0.1) is 12.8 Å². The SMILES string of the molecule is Cc1cccc(-c2ncc(OCC3CCNC3)cn2)c1. The molecule has 1 saturated heterocycles. The van der Waals surface area contributed by atoms with Gasteiger partial charge in [-0.25, -0.2) is 9.97 Å². The van der Waals surface area contributed by atoms with Crippen molar-refractivity contribution >= 4 is 0 Å².